The minimum absolute atomic E-state index is 0.0163. The summed E-state index contributed by atoms with van der Waals surface area (Å²) in [4.78, 5) is 12.0. The van der Waals surface area contributed by atoms with Crippen LogP contribution in [0, 0.1) is 6.92 Å². The third-order valence-electron chi connectivity index (χ3n) is 3.55. The molecule has 0 aliphatic heterocycles. The van der Waals surface area contributed by atoms with Crippen LogP contribution in [-0.4, -0.2) is 34.8 Å². The van der Waals surface area contributed by atoms with Gasteiger partial charge in [0.1, 0.15) is 6.61 Å². The Morgan fingerprint density at radius 3 is 2.48 bits per heavy atom. The number of carbonyl (C=O) groups excluding carboxylic acids is 1. The zero-order chi connectivity index (χ0) is 17.9. The van der Waals surface area contributed by atoms with Gasteiger partial charge in [0, 0.05) is 17.6 Å². The average Bonchev–Trinajstić information content (AvgIpc) is 2.90. The molecule has 0 aliphatic carbocycles. The van der Waals surface area contributed by atoms with Crippen molar-refractivity contribution in [1.82, 2.24) is 15.8 Å². The zero-order valence-corrected chi connectivity index (χ0v) is 15.5. The van der Waals surface area contributed by atoms with Crippen molar-refractivity contribution in [3.8, 4) is 0 Å². The highest BCUT2D eigenvalue weighted by Crippen LogP contribution is 2.13. The van der Waals surface area contributed by atoms with E-state index >= 15 is 0 Å². The fourth-order valence-corrected chi connectivity index (χ4v) is 1.99. The maximum Gasteiger partial charge on any atom is 0.273 e. The van der Waals surface area contributed by atoms with Crippen molar-refractivity contribution in [3.63, 3.8) is 0 Å². The van der Waals surface area contributed by atoms with E-state index in [0.717, 1.165) is 19.4 Å². The molecule has 0 unspecified atom stereocenters. The fraction of sp³-hybridized carbons (Fsp3) is 0.765. The summed E-state index contributed by atoms with van der Waals surface area (Å²) in [5.41, 5.74) is 0.823. The molecule has 0 spiro atoms. The highest BCUT2D eigenvalue weighted by Gasteiger charge is 2.20. The smallest absolute Gasteiger partial charge is 0.273 e. The predicted molar refractivity (Wildman–Crippen MR) is 92.5 cm³/mol. The van der Waals surface area contributed by atoms with Crippen LogP contribution in [0.15, 0.2) is 4.52 Å². The Hall–Kier alpha value is -1.40. The second kappa shape index (κ2) is 11.2. The van der Waals surface area contributed by atoms with Gasteiger partial charge in [0.2, 0.25) is 0 Å². The number of nitrogens with one attached hydrogen (secondary N) is 2. The van der Waals surface area contributed by atoms with E-state index in [9.17, 15) is 4.79 Å². The largest absolute Gasteiger partial charge is 0.388 e. The number of nitrogens with zero attached hydrogens (tertiary/aromatic N) is 1. The van der Waals surface area contributed by atoms with Gasteiger partial charge in [-0.25, -0.2) is 0 Å². The minimum atomic E-state index is -0.264. The quantitative estimate of drug-likeness (QED) is 0.607. The van der Waals surface area contributed by atoms with Crippen molar-refractivity contribution in [1.29, 1.82) is 0 Å². The Morgan fingerprint density at radius 1 is 1.30 bits per heavy atom. The summed E-state index contributed by atoms with van der Waals surface area (Å²) in [7, 11) is 0. The normalized spacial score (nSPS) is 10.9. The summed E-state index contributed by atoms with van der Waals surface area (Å²) < 4.78 is 4.91. The first-order valence-corrected chi connectivity index (χ1v) is 8.50. The van der Waals surface area contributed by atoms with E-state index in [4.69, 9.17) is 9.63 Å². The van der Waals surface area contributed by atoms with Gasteiger partial charge in [-0.3, -0.25) is 4.79 Å². The van der Waals surface area contributed by atoms with Crippen LogP contribution in [0.1, 0.15) is 75.7 Å². The molecule has 6 heteroatoms. The molecule has 1 aromatic rings. The highest BCUT2D eigenvalue weighted by molar-refractivity contribution is 5.93. The number of rotatable bonds is 9. The zero-order valence-electron chi connectivity index (χ0n) is 15.5. The van der Waals surface area contributed by atoms with E-state index in [0.29, 0.717) is 17.9 Å². The monoisotopic (exact) mass is 327 g/mol. The standard InChI is InChI=1S/C15H27N3O3.C2H6/c1-5-6-8-17-15(3,4)7-9-16-14(20)13-11(2)12(10-19)21-18-13;1-2/h17,19H,5-10H2,1-4H3,(H,16,20);1-2H3. The molecule has 0 saturated carbocycles. The van der Waals surface area contributed by atoms with E-state index in [2.05, 4.69) is 36.6 Å². The Morgan fingerprint density at radius 2 is 1.96 bits per heavy atom. The number of aliphatic hydroxyl groups excluding tert-OH is 1. The molecule has 0 saturated heterocycles. The van der Waals surface area contributed by atoms with Gasteiger partial charge < -0.3 is 20.3 Å². The molecule has 0 aromatic carbocycles. The minimum Gasteiger partial charge on any atom is -0.388 e. The fourth-order valence-electron chi connectivity index (χ4n) is 1.99. The van der Waals surface area contributed by atoms with Crippen LogP contribution in [0.2, 0.25) is 0 Å². The highest BCUT2D eigenvalue weighted by atomic mass is 16.5. The van der Waals surface area contributed by atoms with Gasteiger partial charge in [0.15, 0.2) is 11.5 Å². The Bertz CT molecular complexity index is 456. The molecule has 6 nitrogen and oxygen atoms in total. The Labute approximate surface area is 140 Å². The van der Waals surface area contributed by atoms with Crippen molar-refractivity contribution in [2.45, 2.75) is 73.0 Å². The second-order valence-electron chi connectivity index (χ2n) is 5.91. The summed E-state index contributed by atoms with van der Waals surface area (Å²) in [6.07, 6.45) is 3.14. The summed E-state index contributed by atoms with van der Waals surface area (Å²) in [5.74, 6) is 0.0713. The van der Waals surface area contributed by atoms with E-state index in [-0.39, 0.29) is 23.7 Å². The van der Waals surface area contributed by atoms with E-state index in [1.165, 1.54) is 6.42 Å². The molecule has 0 atom stereocenters. The maximum atomic E-state index is 12.0. The third-order valence-corrected chi connectivity index (χ3v) is 3.55. The van der Waals surface area contributed by atoms with Crippen LogP contribution < -0.4 is 10.6 Å². The molecule has 1 aromatic heterocycles. The van der Waals surface area contributed by atoms with Crippen LogP contribution in [0.3, 0.4) is 0 Å². The number of aliphatic hydroxyl groups is 1. The van der Waals surface area contributed by atoms with Gasteiger partial charge >= 0.3 is 0 Å². The van der Waals surface area contributed by atoms with Crippen LogP contribution in [-0.2, 0) is 6.61 Å². The third kappa shape index (κ3) is 7.61. The summed E-state index contributed by atoms with van der Waals surface area (Å²) in [6, 6.07) is 0. The molecule has 0 radical (unpaired) electrons. The molecule has 0 bridgehead atoms. The molecule has 134 valence electrons. The average molecular weight is 327 g/mol. The summed E-state index contributed by atoms with van der Waals surface area (Å²) in [6.45, 7) is 13.4. The SMILES string of the molecule is CC.CCCCNC(C)(C)CCNC(=O)c1noc(CO)c1C. The number of unbranched alkanes of at least 4 members (excludes halogenated alkanes) is 1. The van der Waals surface area contributed by atoms with Gasteiger partial charge in [0.05, 0.1) is 0 Å². The topological polar surface area (TPSA) is 87.4 Å². The van der Waals surface area contributed by atoms with Crippen molar-refractivity contribution in [3.05, 3.63) is 17.0 Å². The van der Waals surface area contributed by atoms with Gasteiger partial charge in [-0.15, -0.1) is 0 Å². The molecule has 23 heavy (non-hydrogen) atoms. The first-order valence-electron chi connectivity index (χ1n) is 8.50. The Kier molecular flexibility index (Phi) is 10.5. The summed E-state index contributed by atoms with van der Waals surface area (Å²) >= 11 is 0. The summed E-state index contributed by atoms with van der Waals surface area (Å²) in [5, 5.41) is 19.0. The Balaban J connectivity index is 0.00000232. The maximum absolute atomic E-state index is 12.0. The number of hydrogen-bond donors (Lipinski definition) is 3. The number of carbonyl (C=O) groups is 1. The lowest BCUT2D eigenvalue weighted by Gasteiger charge is -2.26. The van der Waals surface area contributed by atoms with Crippen molar-refractivity contribution in [2.75, 3.05) is 13.1 Å². The first kappa shape index (κ1) is 21.6. The van der Waals surface area contributed by atoms with E-state index in [1.807, 2.05) is 13.8 Å². The molecule has 1 heterocycles. The number of aromatic nitrogens is 1. The van der Waals surface area contributed by atoms with Crippen molar-refractivity contribution >= 4 is 5.91 Å². The lowest BCUT2D eigenvalue weighted by Crippen LogP contribution is -2.42. The molecular formula is C17H33N3O3. The molecule has 1 amide bonds. The number of amides is 1. The molecule has 0 aliphatic rings. The lowest BCUT2D eigenvalue weighted by molar-refractivity contribution is 0.0940. The number of hydrogen-bond acceptors (Lipinski definition) is 5. The molecular weight excluding hydrogens is 294 g/mol. The van der Waals surface area contributed by atoms with Crippen LogP contribution in [0.25, 0.3) is 0 Å². The van der Waals surface area contributed by atoms with E-state index in [1.54, 1.807) is 6.92 Å². The predicted octanol–water partition coefficient (Wildman–Crippen LogP) is 2.79. The van der Waals surface area contributed by atoms with Gasteiger partial charge in [-0.2, -0.15) is 0 Å². The van der Waals surface area contributed by atoms with Crippen molar-refractivity contribution < 1.29 is 14.4 Å². The van der Waals surface area contributed by atoms with Gasteiger partial charge in [-0.1, -0.05) is 32.3 Å². The van der Waals surface area contributed by atoms with E-state index < -0.39 is 0 Å². The molecule has 1 rings (SSSR count). The molecule has 3 N–H and O–H groups in total. The van der Waals surface area contributed by atoms with Crippen molar-refractivity contribution in [2.24, 2.45) is 0 Å². The van der Waals surface area contributed by atoms with Crippen LogP contribution in [0.4, 0.5) is 0 Å². The molecule has 0 fully saturated rings. The van der Waals surface area contributed by atoms with Gasteiger partial charge in [-0.05, 0) is 40.2 Å². The lowest BCUT2D eigenvalue weighted by atomic mass is 10.0. The van der Waals surface area contributed by atoms with Crippen LogP contribution in [0.5, 0.6) is 0 Å². The second-order valence-corrected chi connectivity index (χ2v) is 5.91. The van der Waals surface area contributed by atoms with Crippen LogP contribution >= 0.6 is 0 Å². The first-order chi connectivity index (χ1) is 10.9. The van der Waals surface area contributed by atoms with Gasteiger partial charge in [0.25, 0.3) is 5.91 Å².